The smallest absolute Gasteiger partial charge is 0.321 e. The molecule has 1 radical (unpaired) electrons. The second-order valence-corrected chi connectivity index (χ2v) is 2.53. The van der Waals surface area contributed by atoms with Gasteiger partial charge in [-0.25, -0.2) is 9.90 Å². The molecule has 13 heavy (non-hydrogen) atoms. The van der Waals surface area contributed by atoms with Crippen LogP contribution in [0, 0.1) is 0 Å². The van der Waals surface area contributed by atoms with E-state index in [4.69, 9.17) is 5.73 Å². The van der Waals surface area contributed by atoms with Gasteiger partial charge in [0.05, 0.1) is 11.7 Å². The minimum absolute atomic E-state index is 0.110. The predicted molar refractivity (Wildman–Crippen MR) is 45.3 cm³/mol. The number of carbonyl (C=O) groups excluding carboxylic acids is 1. The number of nitrogens with zero attached hydrogens (tertiary/aromatic N) is 1. The quantitative estimate of drug-likeness (QED) is 0.697. The number of pyridine rings is 1. The molecule has 1 atom stereocenters. The zero-order valence-electron chi connectivity index (χ0n) is 6.93. The highest BCUT2D eigenvalue weighted by atomic mass is 16.4. The Bertz CT molecular complexity index is 276. The van der Waals surface area contributed by atoms with Crippen LogP contribution in [-0.2, 0) is 5.11 Å². The third-order valence-electron chi connectivity index (χ3n) is 1.53. The summed E-state index contributed by atoms with van der Waals surface area (Å²) >= 11 is 0. The van der Waals surface area contributed by atoms with Crippen molar-refractivity contribution >= 4 is 6.09 Å². The Morgan fingerprint density at radius 1 is 1.62 bits per heavy atom. The zero-order chi connectivity index (χ0) is 9.68. The van der Waals surface area contributed by atoms with Crippen LogP contribution in [0.1, 0.15) is 11.7 Å². The van der Waals surface area contributed by atoms with E-state index in [9.17, 15) is 9.90 Å². The number of aromatic nitrogens is 1. The molecule has 1 amide bonds. The number of hydrogen-bond donors (Lipinski definition) is 2. The fraction of sp³-hybridized carbons (Fsp3) is 0.250. The molecular formula is C8H10N3O2. The molecule has 69 valence electrons. The standard InChI is InChI=1S/C8H10N3O2/c9-6(5-11-8(12)13)7-3-1-2-4-10-7/h1-4,6,11H,5,9H2. The van der Waals surface area contributed by atoms with Crippen molar-refractivity contribution in [1.82, 2.24) is 10.3 Å². The molecule has 0 saturated heterocycles. The van der Waals surface area contributed by atoms with E-state index in [2.05, 4.69) is 10.3 Å². The Kier molecular flexibility index (Phi) is 3.22. The lowest BCUT2D eigenvalue weighted by molar-refractivity contribution is 0.168. The van der Waals surface area contributed by atoms with Crippen molar-refractivity contribution in [1.29, 1.82) is 0 Å². The highest BCUT2D eigenvalue weighted by Gasteiger charge is 2.07. The number of nitrogens with two attached hydrogens (primary N) is 1. The van der Waals surface area contributed by atoms with Gasteiger partial charge >= 0.3 is 6.09 Å². The van der Waals surface area contributed by atoms with Gasteiger partial charge < -0.3 is 11.1 Å². The first kappa shape index (κ1) is 9.47. The molecule has 1 aromatic rings. The van der Waals surface area contributed by atoms with Crippen LogP contribution in [0.4, 0.5) is 4.79 Å². The average molecular weight is 180 g/mol. The summed E-state index contributed by atoms with van der Waals surface area (Å²) in [5, 5.41) is 12.1. The van der Waals surface area contributed by atoms with Crippen LogP contribution in [0.5, 0.6) is 0 Å². The van der Waals surface area contributed by atoms with Crippen LogP contribution in [-0.4, -0.2) is 17.6 Å². The van der Waals surface area contributed by atoms with Crippen LogP contribution in [0.15, 0.2) is 24.4 Å². The van der Waals surface area contributed by atoms with Crippen molar-refractivity contribution in [2.75, 3.05) is 6.54 Å². The molecule has 0 aliphatic rings. The summed E-state index contributed by atoms with van der Waals surface area (Å²) in [4.78, 5) is 14.0. The summed E-state index contributed by atoms with van der Waals surface area (Å²) in [5.41, 5.74) is 6.28. The molecule has 0 aliphatic heterocycles. The summed E-state index contributed by atoms with van der Waals surface area (Å²) in [6, 6.07) is 4.87. The highest BCUT2D eigenvalue weighted by Crippen LogP contribution is 2.03. The van der Waals surface area contributed by atoms with E-state index in [1.54, 1.807) is 24.4 Å². The van der Waals surface area contributed by atoms with Crippen molar-refractivity contribution in [3.05, 3.63) is 30.1 Å². The number of nitrogens with one attached hydrogen (secondary N) is 1. The second-order valence-electron chi connectivity index (χ2n) is 2.53. The van der Waals surface area contributed by atoms with Crippen molar-refractivity contribution in [3.8, 4) is 0 Å². The molecule has 0 aromatic carbocycles. The van der Waals surface area contributed by atoms with Gasteiger partial charge in [-0.2, -0.15) is 0 Å². The predicted octanol–water partition coefficient (Wildman–Crippen LogP) is 0.221. The van der Waals surface area contributed by atoms with Gasteiger partial charge in [0.1, 0.15) is 0 Å². The molecule has 0 aliphatic carbocycles. The highest BCUT2D eigenvalue weighted by molar-refractivity contribution is 5.63. The first-order valence-corrected chi connectivity index (χ1v) is 3.81. The Hall–Kier alpha value is -1.62. The van der Waals surface area contributed by atoms with Gasteiger partial charge in [-0.3, -0.25) is 4.98 Å². The van der Waals surface area contributed by atoms with Crippen LogP contribution in [0.2, 0.25) is 0 Å². The van der Waals surface area contributed by atoms with Crippen LogP contribution < -0.4 is 11.1 Å². The van der Waals surface area contributed by atoms with E-state index in [1.165, 1.54) is 0 Å². The number of amides is 1. The first-order chi connectivity index (χ1) is 6.20. The van der Waals surface area contributed by atoms with Gasteiger partial charge in [0, 0.05) is 12.7 Å². The van der Waals surface area contributed by atoms with E-state index < -0.39 is 12.1 Å². The second kappa shape index (κ2) is 4.42. The van der Waals surface area contributed by atoms with E-state index in [-0.39, 0.29) is 6.54 Å². The Morgan fingerprint density at radius 3 is 2.92 bits per heavy atom. The molecule has 0 fully saturated rings. The van der Waals surface area contributed by atoms with E-state index in [1.807, 2.05) is 0 Å². The lowest BCUT2D eigenvalue weighted by Gasteiger charge is -2.09. The molecule has 0 saturated carbocycles. The maximum absolute atomic E-state index is 10.0. The topological polar surface area (TPSA) is 87.9 Å². The normalized spacial score (nSPS) is 12.1. The molecular weight excluding hydrogens is 170 g/mol. The summed E-state index contributed by atoms with van der Waals surface area (Å²) in [7, 11) is 0. The number of rotatable bonds is 3. The van der Waals surface area contributed by atoms with Crippen molar-refractivity contribution in [2.45, 2.75) is 6.04 Å². The molecule has 1 unspecified atom stereocenters. The maximum atomic E-state index is 10.0. The molecule has 1 heterocycles. The Labute approximate surface area is 75.6 Å². The van der Waals surface area contributed by atoms with Gasteiger partial charge in [-0.05, 0) is 12.1 Å². The minimum atomic E-state index is -1.33. The van der Waals surface area contributed by atoms with Crippen LogP contribution in [0.25, 0.3) is 0 Å². The first-order valence-electron chi connectivity index (χ1n) is 3.81. The average Bonchev–Trinajstić information content (AvgIpc) is 2.15. The molecule has 1 rings (SSSR count). The monoisotopic (exact) mass is 180 g/mol. The maximum Gasteiger partial charge on any atom is 0.450 e. The lowest BCUT2D eigenvalue weighted by atomic mass is 10.2. The van der Waals surface area contributed by atoms with E-state index in [0.717, 1.165) is 0 Å². The number of hydrogen-bond acceptors (Lipinski definition) is 3. The van der Waals surface area contributed by atoms with Gasteiger partial charge in [0.25, 0.3) is 0 Å². The summed E-state index contributed by atoms with van der Waals surface area (Å²) < 4.78 is 0. The summed E-state index contributed by atoms with van der Waals surface area (Å²) in [6.45, 7) is 0.110. The third kappa shape index (κ3) is 3.08. The van der Waals surface area contributed by atoms with Crippen LogP contribution >= 0.6 is 0 Å². The molecule has 1 aromatic heterocycles. The SMILES string of the molecule is NC(CNC([O])=O)c1ccccn1. The minimum Gasteiger partial charge on any atom is -0.321 e. The Balaban J connectivity index is 2.49. The largest absolute Gasteiger partial charge is 0.450 e. The molecule has 3 N–H and O–H groups in total. The van der Waals surface area contributed by atoms with E-state index >= 15 is 0 Å². The molecule has 0 bridgehead atoms. The van der Waals surface area contributed by atoms with Crippen molar-refractivity contribution in [2.24, 2.45) is 5.73 Å². The fourth-order valence-corrected chi connectivity index (χ4v) is 0.893. The molecule has 5 nitrogen and oxygen atoms in total. The van der Waals surface area contributed by atoms with Gasteiger partial charge in [0.2, 0.25) is 0 Å². The van der Waals surface area contributed by atoms with Crippen LogP contribution in [0.3, 0.4) is 0 Å². The van der Waals surface area contributed by atoms with Crippen molar-refractivity contribution < 1.29 is 9.90 Å². The molecule has 0 spiro atoms. The van der Waals surface area contributed by atoms with Gasteiger partial charge in [0.15, 0.2) is 0 Å². The Morgan fingerprint density at radius 2 is 2.38 bits per heavy atom. The number of carbonyl (C=O) groups is 1. The molecule has 5 heteroatoms. The van der Waals surface area contributed by atoms with Crippen molar-refractivity contribution in [3.63, 3.8) is 0 Å². The summed E-state index contributed by atoms with van der Waals surface area (Å²) in [5.74, 6) is 0. The van der Waals surface area contributed by atoms with E-state index in [0.29, 0.717) is 5.69 Å². The lowest BCUT2D eigenvalue weighted by Crippen LogP contribution is -2.30. The third-order valence-corrected chi connectivity index (χ3v) is 1.53. The van der Waals surface area contributed by atoms with Gasteiger partial charge in [-0.1, -0.05) is 6.07 Å². The van der Waals surface area contributed by atoms with Gasteiger partial charge in [-0.15, -0.1) is 0 Å². The fourth-order valence-electron chi connectivity index (χ4n) is 0.893. The summed E-state index contributed by atoms with van der Waals surface area (Å²) in [6.07, 6.45) is 0.278. The zero-order valence-corrected chi connectivity index (χ0v) is 6.93.